The third-order valence-corrected chi connectivity index (χ3v) is 1.67. The molecule has 0 saturated carbocycles. The molecule has 0 amide bonds. The lowest BCUT2D eigenvalue weighted by Gasteiger charge is -1.95. The van der Waals surface area contributed by atoms with Crippen LogP contribution in [0.15, 0.2) is 0 Å². The van der Waals surface area contributed by atoms with Crippen molar-refractivity contribution in [3.63, 3.8) is 0 Å². The first kappa shape index (κ1) is 9.20. The summed E-state index contributed by atoms with van der Waals surface area (Å²) in [5, 5.41) is 14.9. The lowest BCUT2D eigenvalue weighted by molar-refractivity contribution is 0.594. The highest BCUT2D eigenvalue weighted by Crippen LogP contribution is 1.81. The average molecular weight is 163 g/mol. The quantitative estimate of drug-likeness (QED) is 0.307. The van der Waals surface area contributed by atoms with Crippen molar-refractivity contribution in [2.45, 2.75) is 6.42 Å². The minimum absolute atomic E-state index is 0.0817. The summed E-state index contributed by atoms with van der Waals surface area (Å²) >= 11 is 0. The first-order valence-electron chi connectivity index (χ1n) is 2.68. The smallest absolute Gasteiger partial charge is 0.209 e. The number of hydrogen-bond donors (Lipinski definition) is 2. The Bertz CT molecular complexity index is 215. The van der Waals surface area contributed by atoms with E-state index < -0.39 is 10.0 Å². The van der Waals surface area contributed by atoms with Crippen molar-refractivity contribution in [1.82, 2.24) is 5.32 Å². The van der Waals surface area contributed by atoms with E-state index in [9.17, 15) is 8.42 Å². The molecule has 0 aliphatic carbocycles. The molecule has 0 fully saturated rings. The monoisotopic (exact) mass is 163 g/mol. The van der Waals surface area contributed by atoms with E-state index in [1.165, 1.54) is 0 Å². The molecule has 0 aromatic rings. The summed E-state index contributed by atoms with van der Waals surface area (Å²) in [7, 11) is -3.35. The molecule has 0 heterocycles. The van der Waals surface area contributed by atoms with Gasteiger partial charge < -0.3 is 5.32 Å². The first-order valence-corrected chi connectivity index (χ1v) is 4.40. The second-order valence-corrected chi connectivity index (χ2v) is 3.49. The zero-order valence-electron chi connectivity index (χ0n) is 5.37. The molecule has 0 bridgehead atoms. The van der Waals surface area contributed by atoms with Crippen molar-refractivity contribution in [3.8, 4) is 6.19 Å². The van der Waals surface area contributed by atoms with E-state index >= 15 is 0 Å². The molecule has 0 aromatic heterocycles. The fourth-order valence-corrected chi connectivity index (χ4v) is 0.964. The highest BCUT2D eigenvalue weighted by molar-refractivity contribution is 7.89. The van der Waals surface area contributed by atoms with Gasteiger partial charge in [-0.25, -0.2) is 13.6 Å². The number of hydrogen-bond acceptors (Lipinski definition) is 4. The van der Waals surface area contributed by atoms with Crippen LogP contribution in [-0.4, -0.2) is 20.7 Å². The molecular weight excluding hydrogens is 154 g/mol. The summed E-state index contributed by atoms with van der Waals surface area (Å²) in [5.74, 6) is -0.0817. The predicted molar refractivity (Wildman–Crippen MR) is 36.2 cm³/mol. The maximum absolute atomic E-state index is 10.3. The zero-order valence-corrected chi connectivity index (χ0v) is 6.19. The van der Waals surface area contributed by atoms with Crippen LogP contribution in [0.3, 0.4) is 0 Å². The molecule has 0 aromatic carbocycles. The van der Waals surface area contributed by atoms with Gasteiger partial charge in [0, 0.05) is 6.54 Å². The number of rotatable bonds is 4. The molecular formula is C4H9N3O2S. The van der Waals surface area contributed by atoms with Gasteiger partial charge in [0.1, 0.15) is 0 Å². The van der Waals surface area contributed by atoms with Gasteiger partial charge in [-0.3, -0.25) is 0 Å². The Morgan fingerprint density at radius 3 is 2.60 bits per heavy atom. The topological polar surface area (TPSA) is 96.0 Å². The predicted octanol–water partition coefficient (Wildman–Crippen LogP) is -1.26. The van der Waals surface area contributed by atoms with Crippen LogP contribution in [0.25, 0.3) is 0 Å². The molecule has 10 heavy (non-hydrogen) atoms. The minimum atomic E-state index is -3.35. The van der Waals surface area contributed by atoms with Crippen molar-refractivity contribution < 1.29 is 8.42 Å². The molecule has 0 saturated heterocycles. The van der Waals surface area contributed by atoms with E-state index in [1.807, 2.05) is 0 Å². The number of sulfonamides is 1. The van der Waals surface area contributed by atoms with E-state index in [2.05, 4.69) is 10.5 Å². The summed E-state index contributed by atoms with van der Waals surface area (Å²) in [6.45, 7) is 0.354. The van der Waals surface area contributed by atoms with E-state index in [-0.39, 0.29) is 5.75 Å². The SMILES string of the molecule is N#CNCCCS(N)(=O)=O. The van der Waals surface area contributed by atoms with E-state index in [0.29, 0.717) is 13.0 Å². The highest BCUT2D eigenvalue weighted by atomic mass is 32.2. The summed E-state index contributed by atoms with van der Waals surface area (Å²) in [4.78, 5) is 0. The molecule has 0 aliphatic heterocycles. The van der Waals surface area contributed by atoms with Crippen LogP contribution < -0.4 is 10.5 Å². The zero-order chi connectivity index (χ0) is 8.04. The van der Waals surface area contributed by atoms with E-state index in [0.717, 1.165) is 0 Å². The Kier molecular flexibility index (Phi) is 3.76. The summed E-state index contributed by atoms with van der Waals surface area (Å²) < 4.78 is 20.5. The molecule has 3 N–H and O–H groups in total. The Morgan fingerprint density at radius 1 is 1.60 bits per heavy atom. The number of nitriles is 1. The second-order valence-electron chi connectivity index (χ2n) is 1.76. The van der Waals surface area contributed by atoms with E-state index in [1.54, 1.807) is 6.19 Å². The van der Waals surface area contributed by atoms with Crippen LogP contribution in [-0.2, 0) is 10.0 Å². The molecule has 0 spiro atoms. The Balaban J connectivity index is 3.32. The normalized spacial score (nSPS) is 10.4. The minimum Gasteiger partial charge on any atom is -0.324 e. The van der Waals surface area contributed by atoms with Gasteiger partial charge in [-0.2, -0.15) is 5.26 Å². The standard InChI is InChI=1S/C4H9N3O2S/c5-4-7-2-1-3-10(6,8)9/h7H,1-3H2,(H2,6,8,9). The lowest BCUT2D eigenvalue weighted by Crippen LogP contribution is -2.19. The molecule has 0 rings (SSSR count). The molecule has 5 nitrogen and oxygen atoms in total. The molecule has 0 radical (unpaired) electrons. The van der Waals surface area contributed by atoms with Crippen molar-refractivity contribution in [3.05, 3.63) is 0 Å². The van der Waals surface area contributed by atoms with Crippen molar-refractivity contribution in [2.24, 2.45) is 5.14 Å². The fourth-order valence-electron chi connectivity index (χ4n) is 0.418. The van der Waals surface area contributed by atoms with Gasteiger partial charge in [0.15, 0.2) is 6.19 Å². The largest absolute Gasteiger partial charge is 0.324 e. The lowest BCUT2D eigenvalue weighted by atomic mass is 10.5. The number of nitrogens with zero attached hydrogens (tertiary/aromatic N) is 1. The number of nitrogens with two attached hydrogens (primary N) is 1. The molecule has 0 atom stereocenters. The van der Waals surface area contributed by atoms with Crippen LogP contribution >= 0.6 is 0 Å². The van der Waals surface area contributed by atoms with Gasteiger partial charge in [0.2, 0.25) is 10.0 Å². The number of primary sulfonamides is 1. The fraction of sp³-hybridized carbons (Fsp3) is 0.750. The van der Waals surface area contributed by atoms with Crippen molar-refractivity contribution >= 4 is 10.0 Å². The van der Waals surface area contributed by atoms with Crippen LogP contribution in [0.2, 0.25) is 0 Å². The third-order valence-electron chi connectivity index (χ3n) is 0.810. The van der Waals surface area contributed by atoms with Gasteiger partial charge in [0.05, 0.1) is 5.75 Å². The third kappa shape index (κ3) is 7.20. The van der Waals surface area contributed by atoms with Crippen LogP contribution in [0, 0.1) is 11.5 Å². The summed E-state index contributed by atoms with van der Waals surface area (Å²) in [5.41, 5.74) is 0. The second kappa shape index (κ2) is 4.09. The van der Waals surface area contributed by atoms with Gasteiger partial charge in [-0.15, -0.1) is 0 Å². The average Bonchev–Trinajstić information content (AvgIpc) is 1.78. The van der Waals surface area contributed by atoms with E-state index in [4.69, 9.17) is 5.26 Å². The van der Waals surface area contributed by atoms with Gasteiger partial charge in [-0.05, 0) is 6.42 Å². The first-order chi connectivity index (χ1) is 4.56. The van der Waals surface area contributed by atoms with Gasteiger partial charge in [-0.1, -0.05) is 0 Å². The summed E-state index contributed by atoms with van der Waals surface area (Å²) in [6, 6.07) is 0. The maximum Gasteiger partial charge on any atom is 0.209 e. The Hall–Kier alpha value is -0.800. The summed E-state index contributed by atoms with van der Waals surface area (Å²) in [6.07, 6.45) is 2.04. The maximum atomic E-state index is 10.3. The van der Waals surface area contributed by atoms with Crippen molar-refractivity contribution in [2.75, 3.05) is 12.3 Å². The highest BCUT2D eigenvalue weighted by Gasteiger charge is 1.99. The number of nitrogens with one attached hydrogen (secondary N) is 1. The van der Waals surface area contributed by atoms with Gasteiger partial charge >= 0.3 is 0 Å². The molecule has 0 unspecified atom stereocenters. The van der Waals surface area contributed by atoms with Crippen LogP contribution in [0.1, 0.15) is 6.42 Å². The van der Waals surface area contributed by atoms with Gasteiger partial charge in [0.25, 0.3) is 0 Å². The van der Waals surface area contributed by atoms with Crippen LogP contribution in [0.5, 0.6) is 0 Å². The van der Waals surface area contributed by atoms with Crippen molar-refractivity contribution in [1.29, 1.82) is 5.26 Å². The Morgan fingerprint density at radius 2 is 2.20 bits per heavy atom. The van der Waals surface area contributed by atoms with Crippen LogP contribution in [0.4, 0.5) is 0 Å². The molecule has 6 heteroatoms. The molecule has 58 valence electrons. The Labute approximate surface area is 59.9 Å². The molecule has 0 aliphatic rings.